The predicted octanol–water partition coefficient (Wildman–Crippen LogP) is 4.57. The number of carboxylic acid groups (broad SMARTS) is 2. The molecule has 2 fully saturated rings. The molecule has 132 valence electrons. The molecule has 0 aromatic heterocycles. The monoisotopic (exact) mass is 324 g/mol. The van der Waals surface area contributed by atoms with Crippen LogP contribution in [0, 0.1) is 27.1 Å². The first-order valence-corrected chi connectivity index (χ1v) is 8.60. The fourth-order valence-corrected chi connectivity index (χ4v) is 7.05. The maximum Gasteiger partial charge on any atom is 0.321 e. The van der Waals surface area contributed by atoms with E-state index in [1.54, 1.807) is 0 Å². The molecule has 0 radical (unpaired) electrons. The van der Waals surface area contributed by atoms with Gasteiger partial charge in [-0.3, -0.25) is 9.59 Å². The molecule has 0 heterocycles. The molecule has 23 heavy (non-hydrogen) atoms. The Balaban J connectivity index is 2.57. The van der Waals surface area contributed by atoms with Crippen molar-refractivity contribution in [1.82, 2.24) is 0 Å². The first-order chi connectivity index (χ1) is 10.1. The molecule has 2 bridgehead atoms. The lowest BCUT2D eigenvalue weighted by Gasteiger charge is -2.57. The van der Waals surface area contributed by atoms with Crippen LogP contribution in [0.2, 0.25) is 0 Å². The van der Waals surface area contributed by atoms with Gasteiger partial charge in [-0.05, 0) is 60.2 Å². The summed E-state index contributed by atoms with van der Waals surface area (Å²) in [5.41, 5.74) is -1.97. The fraction of sp³-hybridized carbons (Fsp3) is 0.895. The van der Waals surface area contributed by atoms with Crippen LogP contribution < -0.4 is 0 Å². The van der Waals surface area contributed by atoms with Gasteiger partial charge >= 0.3 is 11.9 Å². The van der Waals surface area contributed by atoms with E-state index in [4.69, 9.17) is 0 Å². The summed E-state index contributed by atoms with van der Waals surface area (Å²) in [5.74, 6) is -2.34. The number of fused-ring (bicyclic) bond motifs is 2. The van der Waals surface area contributed by atoms with Gasteiger partial charge in [0.15, 0.2) is 5.41 Å². The molecule has 0 spiro atoms. The maximum absolute atomic E-state index is 12.0. The second kappa shape index (κ2) is 4.97. The van der Waals surface area contributed by atoms with Gasteiger partial charge in [-0.1, -0.05) is 41.5 Å². The molecule has 2 aliphatic carbocycles. The molecule has 0 aromatic rings. The van der Waals surface area contributed by atoms with E-state index in [0.29, 0.717) is 0 Å². The van der Waals surface area contributed by atoms with Gasteiger partial charge in [-0.2, -0.15) is 0 Å². The Morgan fingerprint density at radius 2 is 0.957 bits per heavy atom. The summed E-state index contributed by atoms with van der Waals surface area (Å²) >= 11 is 0. The first-order valence-electron chi connectivity index (χ1n) is 8.60. The highest BCUT2D eigenvalue weighted by Crippen LogP contribution is 2.64. The van der Waals surface area contributed by atoms with Crippen molar-refractivity contribution >= 4 is 11.9 Å². The molecule has 2 rings (SSSR count). The van der Waals surface area contributed by atoms with Crippen LogP contribution in [0.4, 0.5) is 0 Å². The third kappa shape index (κ3) is 3.41. The Kier molecular flexibility index (Phi) is 3.95. The van der Waals surface area contributed by atoms with Crippen molar-refractivity contribution in [3.63, 3.8) is 0 Å². The predicted molar refractivity (Wildman–Crippen MR) is 89.2 cm³/mol. The molecule has 2 N–H and O–H groups in total. The molecule has 2 aliphatic rings. The van der Waals surface area contributed by atoms with Crippen LogP contribution in [-0.4, -0.2) is 22.2 Å². The van der Waals surface area contributed by atoms with Gasteiger partial charge in [0, 0.05) is 0 Å². The maximum atomic E-state index is 12.0. The molecule has 2 saturated carbocycles. The van der Waals surface area contributed by atoms with E-state index in [2.05, 4.69) is 41.5 Å². The van der Waals surface area contributed by atoms with Crippen LogP contribution in [0.5, 0.6) is 0 Å². The van der Waals surface area contributed by atoms with Crippen molar-refractivity contribution in [3.05, 3.63) is 0 Å². The van der Waals surface area contributed by atoms with Gasteiger partial charge in [-0.15, -0.1) is 0 Å². The Bertz CT molecular complexity index is 479. The van der Waals surface area contributed by atoms with Crippen LogP contribution in [0.1, 0.15) is 80.1 Å². The highest BCUT2D eigenvalue weighted by molar-refractivity contribution is 5.98. The summed E-state index contributed by atoms with van der Waals surface area (Å²) in [6, 6.07) is 0. The van der Waals surface area contributed by atoms with Crippen LogP contribution in [-0.2, 0) is 9.59 Å². The zero-order valence-electron chi connectivity index (χ0n) is 15.5. The third-order valence-corrected chi connectivity index (χ3v) is 5.90. The van der Waals surface area contributed by atoms with Crippen LogP contribution >= 0.6 is 0 Å². The van der Waals surface area contributed by atoms with E-state index >= 15 is 0 Å². The van der Waals surface area contributed by atoms with Crippen molar-refractivity contribution < 1.29 is 19.8 Å². The van der Waals surface area contributed by atoms with Gasteiger partial charge in [0.05, 0.1) is 0 Å². The number of carboxylic acids is 2. The van der Waals surface area contributed by atoms with E-state index < -0.39 is 17.4 Å². The van der Waals surface area contributed by atoms with E-state index in [1.165, 1.54) is 0 Å². The minimum absolute atomic E-state index is 0.0830. The number of rotatable bonds is 2. The van der Waals surface area contributed by atoms with Gasteiger partial charge in [-0.25, -0.2) is 0 Å². The molecular weight excluding hydrogens is 292 g/mol. The lowest BCUT2D eigenvalue weighted by atomic mass is 9.46. The van der Waals surface area contributed by atoms with Gasteiger partial charge in [0.1, 0.15) is 0 Å². The molecule has 2 unspecified atom stereocenters. The Labute approximate surface area is 139 Å². The van der Waals surface area contributed by atoms with Crippen molar-refractivity contribution in [2.45, 2.75) is 80.1 Å². The first kappa shape index (κ1) is 18.3. The second-order valence-electron chi connectivity index (χ2n) is 10.7. The van der Waals surface area contributed by atoms with E-state index in [0.717, 1.165) is 25.7 Å². The minimum Gasteiger partial charge on any atom is -0.480 e. The van der Waals surface area contributed by atoms with Crippen LogP contribution in [0.3, 0.4) is 0 Å². The van der Waals surface area contributed by atoms with Gasteiger partial charge in [0.25, 0.3) is 0 Å². The van der Waals surface area contributed by atoms with Gasteiger partial charge in [0.2, 0.25) is 0 Å². The standard InChI is InChI=1S/C19H32O4/c1-15(2)7-16(3,4)9-18(6)10-17(5,8-15)11-19(12-18,13(20)21)14(22)23/h7-12H2,1-6H3,(H,20,21)(H,22,23). The number of carbonyl (C=O) groups is 2. The number of hydrogen-bond donors (Lipinski definition) is 2. The van der Waals surface area contributed by atoms with Crippen LogP contribution in [0.25, 0.3) is 0 Å². The molecule has 0 aliphatic heterocycles. The van der Waals surface area contributed by atoms with E-state index in [1.807, 2.05) is 0 Å². The smallest absolute Gasteiger partial charge is 0.321 e. The minimum atomic E-state index is -1.65. The summed E-state index contributed by atoms with van der Waals surface area (Å²) in [4.78, 5) is 23.9. The number of hydrogen-bond acceptors (Lipinski definition) is 2. The number of aliphatic carboxylic acids is 2. The Morgan fingerprint density at radius 1 is 0.609 bits per heavy atom. The second-order valence-corrected chi connectivity index (χ2v) is 10.7. The quantitative estimate of drug-likeness (QED) is 0.729. The molecule has 2 atom stereocenters. The molecule has 0 amide bonds. The highest BCUT2D eigenvalue weighted by Gasteiger charge is 2.61. The van der Waals surface area contributed by atoms with Crippen molar-refractivity contribution in [2.24, 2.45) is 27.1 Å². The zero-order valence-corrected chi connectivity index (χ0v) is 15.5. The largest absolute Gasteiger partial charge is 0.480 e. The Morgan fingerprint density at radius 3 is 1.26 bits per heavy atom. The topological polar surface area (TPSA) is 74.6 Å². The lowest BCUT2D eigenvalue weighted by molar-refractivity contribution is -0.181. The summed E-state index contributed by atoms with van der Waals surface area (Å²) in [6.07, 6.45) is 4.23. The van der Waals surface area contributed by atoms with Crippen molar-refractivity contribution in [1.29, 1.82) is 0 Å². The average Bonchev–Trinajstić information content (AvgIpc) is 2.19. The van der Waals surface area contributed by atoms with Gasteiger partial charge < -0.3 is 10.2 Å². The van der Waals surface area contributed by atoms with E-state index in [9.17, 15) is 19.8 Å². The molecule has 4 heteroatoms. The normalized spacial score (nSPS) is 38.2. The van der Waals surface area contributed by atoms with Crippen molar-refractivity contribution in [2.75, 3.05) is 0 Å². The summed E-state index contributed by atoms with van der Waals surface area (Å²) < 4.78 is 0. The average molecular weight is 324 g/mol. The molecule has 0 saturated heterocycles. The van der Waals surface area contributed by atoms with Crippen LogP contribution in [0.15, 0.2) is 0 Å². The Hall–Kier alpha value is -1.06. The third-order valence-electron chi connectivity index (χ3n) is 5.90. The van der Waals surface area contributed by atoms with Crippen molar-refractivity contribution in [3.8, 4) is 0 Å². The fourth-order valence-electron chi connectivity index (χ4n) is 7.05. The zero-order chi connectivity index (χ0) is 17.9. The molecule has 4 nitrogen and oxygen atoms in total. The highest BCUT2D eigenvalue weighted by atomic mass is 16.4. The summed E-state index contributed by atoms with van der Waals surface area (Å²) in [7, 11) is 0. The molecular formula is C19H32O4. The lowest BCUT2D eigenvalue weighted by Crippen LogP contribution is -2.54. The SMILES string of the molecule is CC1(C)CC(C)(C)CC2(C)CC(C)(C1)CC(C(=O)O)(C(=O)O)C2. The summed E-state index contributed by atoms with van der Waals surface area (Å²) in [6.45, 7) is 13.2. The van der Waals surface area contributed by atoms with E-state index in [-0.39, 0.29) is 34.5 Å². The molecule has 0 aromatic carbocycles. The summed E-state index contributed by atoms with van der Waals surface area (Å²) in [5, 5.41) is 19.6.